The van der Waals surface area contributed by atoms with Gasteiger partial charge < -0.3 is 10.4 Å². The first-order valence-electron chi connectivity index (χ1n) is 5.99. The van der Waals surface area contributed by atoms with Gasteiger partial charge in [0.25, 0.3) is 0 Å². The largest absolute Gasteiger partial charge is 0.478 e. The number of aromatic carboxylic acids is 1. The van der Waals surface area contributed by atoms with Crippen molar-refractivity contribution < 1.29 is 9.90 Å². The normalized spacial score (nSPS) is 12.0. The number of hydrogen-bond donors (Lipinski definition) is 2. The van der Waals surface area contributed by atoms with E-state index in [-0.39, 0.29) is 16.6 Å². The van der Waals surface area contributed by atoms with Crippen LogP contribution < -0.4 is 5.32 Å². The molecular formula is C14H11Cl3N2O2. The Balaban J connectivity index is 2.25. The number of halogens is 3. The van der Waals surface area contributed by atoms with Crippen molar-refractivity contribution in [3.63, 3.8) is 0 Å². The molecule has 0 aliphatic heterocycles. The van der Waals surface area contributed by atoms with E-state index in [9.17, 15) is 4.79 Å². The minimum atomic E-state index is -1.11. The number of hydrogen-bond acceptors (Lipinski definition) is 3. The van der Waals surface area contributed by atoms with Crippen molar-refractivity contribution in [2.24, 2.45) is 0 Å². The molecule has 0 spiro atoms. The van der Waals surface area contributed by atoms with E-state index in [1.54, 1.807) is 18.2 Å². The van der Waals surface area contributed by atoms with Crippen LogP contribution in [-0.2, 0) is 0 Å². The monoisotopic (exact) mass is 344 g/mol. The van der Waals surface area contributed by atoms with Crippen LogP contribution in [0.25, 0.3) is 0 Å². The van der Waals surface area contributed by atoms with E-state index < -0.39 is 5.97 Å². The maximum absolute atomic E-state index is 11.0. The standard InChI is InChI=1S/C14H11Cl3N2O2/c1-7(9-3-2-8(15)4-11(9)16)19-13-5-10(14(20)21)12(17)6-18-13/h2-7H,1H3,(H,18,19)(H,20,21). The molecule has 0 radical (unpaired) electrons. The van der Waals surface area contributed by atoms with Gasteiger partial charge in [0.05, 0.1) is 16.6 Å². The zero-order valence-electron chi connectivity index (χ0n) is 10.9. The SMILES string of the molecule is CC(Nc1cc(C(=O)O)c(Cl)cn1)c1ccc(Cl)cc1Cl. The molecule has 0 saturated heterocycles. The zero-order valence-corrected chi connectivity index (χ0v) is 13.2. The maximum atomic E-state index is 11.0. The minimum absolute atomic E-state index is 0.0106. The van der Waals surface area contributed by atoms with Crippen molar-refractivity contribution >= 4 is 46.6 Å². The Morgan fingerprint density at radius 1 is 1.24 bits per heavy atom. The Morgan fingerprint density at radius 2 is 1.95 bits per heavy atom. The van der Waals surface area contributed by atoms with Gasteiger partial charge in [-0.3, -0.25) is 0 Å². The second-order valence-electron chi connectivity index (χ2n) is 4.39. The van der Waals surface area contributed by atoms with Crippen molar-refractivity contribution in [3.05, 3.63) is 56.7 Å². The molecule has 1 aromatic carbocycles. The van der Waals surface area contributed by atoms with E-state index in [1.165, 1.54) is 12.3 Å². The summed E-state index contributed by atoms with van der Waals surface area (Å²) < 4.78 is 0. The van der Waals surface area contributed by atoms with Crippen LogP contribution in [0.15, 0.2) is 30.5 Å². The van der Waals surface area contributed by atoms with Crippen LogP contribution in [0.3, 0.4) is 0 Å². The summed E-state index contributed by atoms with van der Waals surface area (Å²) in [5.41, 5.74) is 0.818. The summed E-state index contributed by atoms with van der Waals surface area (Å²) in [6, 6.07) is 6.39. The van der Waals surface area contributed by atoms with Crippen LogP contribution in [0.5, 0.6) is 0 Å². The molecule has 0 bridgehead atoms. The summed E-state index contributed by atoms with van der Waals surface area (Å²) in [6.07, 6.45) is 1.30. The van der Waals surface area contributed by atoms with E-state index in [4.69, 9.17) is 39.9 Å². The van der Waals surface area contributed by atoms with Crippen molar-refractivity contribution in [1.29, 1.82) is 0 Å². The molecule has 2 aromatic rings. The van der Waals surface area contributed by atoms with Gasteiger partial charge in [-0.2, -0.15) is 0 Å². The topological polar surface area (TPSA) is 62.2 Å². The summed E-state index contributed by atoms with van der Waals surface area (Å²) in [5.74, 6) is -0.710. The van der Waals surface area contributed by atoms with Gasteiger partial charge in [-0.25, -0.2) is 9.78 Å². The van der Waals surface area contributed by atoms with E-state index in [1.807, 2.05) is 6.92 Å². The molecule has 2 rings (SSSR count). The lowest BCUT2D eigenvalue weighted by Crippen LogP contribution is -2.10. The molecule has 1 atom stereocenters. The van der Waals surface area contributed by atoms with Gasteiger partial charge in [0.15, 0.2) is 0 Å². The van der Waals surface area contributed by atoms with Crippen LogP contribution in [0.1, 0.15) is 28.9 Å². The van der Waals surface area contributed by atoms with Gasteiger partial charge >= 0.3 is 5.97 Å². The smallest absolute Gasteiger partial charge is 0.337 e. The molecule has 1 heterocycles. The van der Waals surface area contributed by atoms with E-state index in [2.05, 4.69) is 10.3 Å². The van der Waals surface area contributed by atoms with Crippen molar-refractivity contribution in [3.8, 4) is 0 Å². The molecule has 0 aliphatic carbocycles. The molecule has 2 N–H and O–H groups in total. The first-order chi connectivity index (χ1) is 9.88. The highest BCUT2D eigenvalue weighted by Gasteiger charge is 2.14. The summed E-state index contributed by atoms with van der Waals surface area (Å²) in [4.78, 5) is 15.1. The predicted molar refractivity (Wildman–Crippen MR) is 84.7 cm³/mol. The highest BCUT2D eigenvalue weighted by Crippen LogP contribution is 2.28. The molecule has 0 fully saturated rings. The fourth-order valence-electron chi connectivity index (χ4n) is 1.83. The quantitative estimate of drug-likeness (QED) is 0.826. The Hall–Kier alpha value is -1.49. The van der Waals surface area contributed by atoms with Crippen LogP contribution in [0.4, 0.5) is 5.82 Å². The first-order valence-corrected chi connectivity index (χ1v) is 7.12. The lowest BCUT2D eigenvalue weighted by molar-refractivity contribution is 0.0697. The Kier molecular flexibility index (Phi) is 4.93. The zero-order chi connectivity index (χ0) is 15.6. The van der Waals surface area contributed by atoms with E-state index in [0.717, 1.165) is 5.56 Å². The van der Waals surface area contributed by atoms with Gasteiger partial charge in [-0.15, -0.1) is 0 Å². The van der Waals surface area contributed by atoms with Gasteiger partial charge in [-0.1, -0.05) is 40.9 Å². The van der Waals surface area contributed by atoms with Gasteiger partial charge in [0.1, 0.15) is 5.82 Å². The average molecular weight is 346 g/mol. The number of benzene rings is 1. The third kappa shape index (κ3) is 3.79. The second kappa shape index (κ2) is 6.52. The molecule has 7 heteroatoms. The molecule has 0 aliphatic rings. The van der Waals surface area contributed by atoms with Crippen LogP contribution in [-0.4, -0.2) is 16.1 Å². The molecule has 110 valence electrons. The molecule has 21 heavy (non-hydrogen) atoms. The highest BCUT2D eigenvalue weighted by atomic mass is 35.5. The summed E-state index contributed by atoms with van der Waals surface area (Å²) >= 11 is 17.8. The Morgan fingerprint density at radius 3 is 2.57 bits per heavy atom. The number of nitrogens with zero attached hydrogens (tertiary/aromatic N) is 1. The van der Waals surface area contributed by atoms with Crippen molar-refractivity contribution in [2.75, 3.05) is 5.32 Å². The third-order valence-corrected chi connectivity index (χ3v) is 3.74. The molecule has 4 nitrogen and oxygen atoms in total. The lowest BCUT2D eigenvalue weighted by atomic mass is 10.1. The summed E-state index contributed by atoms with van der Waals surface area (Å²) in [7, 11) is 0. The molecule has 1 unspecified atom stereocenters. The number of pyridine rings is 1. The number of carbonyl (C=O) groups is 1. The number of carboxylic acid groups (broad SMARTS) is 1. The van der Waals surface area contributed by atoms with Crippen LogP contribution in [0.2, 0.25) is 15.1 Å². The molecule has 0 amide bonds. The fraction of sp³-hybridized carbons (Fsp3) is 0.143. The molecular weight excluding hydrogens is 335 g/mol. The predicted octanol–water partition coefficient (Wildman–Crippen LogP) is 4.91. The van der Waals surface area contributed by atoms with Gasteiger partial charge in [0, 0.05) is 16.2 Å². The number of anilines is 1. The van der Waals surface area contributed by atoms with E-state index >= 15 is 0 Å². The number of carboxylic acids is 1. The second-order valence-corrected chi connectivity index (χ2v) is 5.64. The summed E-state index contributed by atoms with van der Waals surface area (Å²) in [6.45, 7) is 1.88. The highest BCUT2D eigenvalue weighted by molar-refractivity contribution is 6.35. The van der Waals surface area contributed by atoms with E-state index in [0.29, 0.717) is 15.9 Å². The number of rotatable bonds is 4. The number of nitrogens with one attached hydrogen (secondary N) is 1. The Labute approximate surface area is 136 Å². The molecule has 1 aromatic heterocycles. The van der Waals surface area contributed by atoms with Crippen LogP contribution in [0, 0.1) is 0 Å². The summed E-state index contributed by atoms with van der Waals surface area (Å²) in [5, 5.41) is 13.3. The third-order valence-electron chi connectivity index (χ3n) is 2.88. The Bertz CT molecular complexity index is 692. The fourth-order valence-corrected chi connectivity index (χ4v) is 2.59. The van der Waals surface area contributed by atoms with Crippen molar-refractivity contribution in [2.45, 2.75) is 13.0 Å². The number of aromatic nitrogens is 1. The van der Waals surface area contributed by atoms with Crippen LogP contribution >= 0.6 is 34.8 Å². The van der Waals surface area contributed by atoms with Gasteiger partial charge in [-0.05, 0) is 30.7 Å². The minimum Gasteiger partial charge on any atom is -0.478 e. The lowest BCUT2D eigenvalue weighted by Gasteiger charge is -2.17. The van der Waals surface area contributed by atoms with Gasteiger partial charge in [0.2, 0.25) is 0 Å². The molecule has 0 saturated carbocycles. The average Bonchev–Trinajstić information content (AvgIpc) is 2.40. The maximum Gasteiger partial charge on any atom is 0.337 e. The first kappa shape index (κ1) is 15.9. The van der Waals surface area contributed by atoms with Crippen molar-refractivity contribution in [1.82, 2.24) is 4.98 Å².